The van der Waals surface area contributed by atoms with Crippen molar-refractivity contribution >= 4 is 17.3 Å². The van der Waals surface area contributed by atoms with Crippen molar-refractivity contribution < 1.29 is 9.90 Å². The van der Waals surface area contributed by atoms with Gasteiger partial charge in [0.1, 0.15) is 11.6 Å². The number of nitrogens with one attached hydrogen (secondary N) is 3. The lowest BCUT2D eigenvalue weighted by Gasteiger charge is -2.32. The molecule has 0 fully saturated rings. The number of pyridine rings is 1. The Balaban J connectivity index is 2.42. The van der Waals surface area contributed by atoms with Crippen LogP contribution in [0.25, 0.3) is 0 Å². The van der Waals surface area contributed by atoms with Crippen LogP contribution in [0.5, 0.6) is 5.88 Å². The molecule has 0 saturated carbocycles. The quantitative estimate of drug-likeness (QED) is 0.152. The number of rotatable bonds is 17. The third-order valence-electron chi connectivity index (χ3n) is 7.00. The first-order chi connectivity index (χ1) is 19.3. The van der Waals surface area contributed by atoms with Crippen molar-refractivity contribution in [2.45, 2.75) is 85.2 Å². The first-order valence-electron chi connectivity index (χ1n) is 14.4. The number of azo groups is 1. The van der Waals surface area contributed by atoms with Crippen molar-refractivity contribution in [2.24, 2.45) is 10.2 Å². The summed E-state index contributed by atoms with van der Waals surface area (Å²) in [7, 11) is 0. The van der Waals surface area contributed by atoms with Gasteiger partial charge in [0.05, 0.1) is 11.3 Å². The molecule has 1 heterocycles. The van der Waals surface area contributed by atoms with Crippen LogP contribution in [-0.4, -0.2) is 59.2 Å². The summed E-state index contributed by atoms with van der Waals surface area (Å²) in [5.41, 5.74) is 0.0763. The Hall–Kier alpha value is -3.55. The van der Waals surface area contributed by atoms with E-state index in [1.807, 2.05) is 11.0 Å². The molecule has 2 rings (SSSR count). The summed E-state index contributed by atoms with van der Waals surface area (Å²) < 4.78 is 0. The number of amides is 1. The number of carbonyl (C=O) groups is 1. The van der Waals surface area contributed by atoms with E-state index in [9.17, 15) is 20.0 Å². The summed E-state index contributed by atoms with van der Waals surface area (Å²) in [5.74, 6) is -0.665. The largest absolute Gasteiger partial charge is 0.494 e. The third kappa shape index (κ3) is 9.28. The molecule has 1 aromatic heterocycles. The molecule has 0 aliphatic rings. The molecule has 0 aliphatic carbocycles. The van der Waals surface area contributed by atoms with E-state index in [-0.39, 0.29) is 34.8 Å². The van der Waals surface area contributed by atoms with E-state index in [2.05, 4.69) is 53.5 Å². The van der Waals surface area contributed by atoms with E-state index < -0.39 is 11.4 Å². The van der Waals surface area contributed by atoms with Crippen molar-refractivity contribution in [3.63, 3.8) is 0 Å². The number of carbonyl (C=O) groups excluding carboxylic acids is 1. The van der Waals surface area contributed by atoms with E-state index in [1.165, 1.54) is 6.92 Å². The number of unbranched alkanes of at least 4 members (excludes halogenated alkanes) is 2. The normalized spacial score (nSPS) is 12.8. The Morgan fingerprint density at radius 3 is 2.12 bits per heavy atom. The van der Waals surface area contributed by atoms with Gasteiger partial charge in [-0.3, -0.25) is 14.6 Å². The lowest BCUT2D eigenvalue weighted by atomic mass is 10.1. The zero-order chi connectivity index (χ0) is 29.5. The summed E-state index contributed by atoms with van der Waals surface area (Å²) in [5, 5.41) is 34.8. The van der Waals surface area contributed by atoms with E-state index in [4.69, 9.17) is 0 Å². The summed E-state index contributed by atoms with van der Waals surface area (Å²) in [6, 6.07) is 9.10. The van der Waals surface area contributed by atoms with Crippen LogP contribution in [0.4, 0.5) is 11.4 Å². The first kappa shape index (κ1) is 32.7. The molecule has 4 N–H and O–H groups in total. The lowest BCUT2D eigenvalue weighted by Crippen LogP contribution is -2.49. The molecule has 2 unspecified atom stereocenters. The van der Waals surface area contributed by atoms with Crippen LogP contribution in [0.1, 0.15) is 87.7 Å². The third-order valence-corrected chi connectivity index (χ3v) is 7.00. The molecule has 0 bridgehead atoms. The van der Waals surface area contributed by atoms with Gasteiger partial charge in [-0.2, -0.15) is 5.26 Å². The Kier molecular flexibility index (Phi) is 14.0. The van der Waals surface area contributed by atoms with Gasteiger partial charge in [-0.15, -0.1) is 10.2 Å². The van der Waals surface area contributed by atoms with Crippen LogP contribution in [0.2, 0.25) is 0 Å². The number of nitrogens with zero attached hydrogens (tertiary/aromatic N) is 4. The fraction of sp³-hybridized carbons (Fsp3) is 0.567. The minimum atomic E-state index is -0.670. The van der Waals surface area contributed by atoms with Crippen molar-refractivity contribution in [1.82, 2.24) is 20.5 Å². The Labute approximate surface area is 237 Å². The average molecular weight is 552 g/mol. The number of hydrogen-bond acceptors (Lipinski definition) is 8. The van der Waals surface area contributed by atoms with Crippen molar-refractivity contribution in [3.05, 3.63) is 51.3 Å². The minimum absolute atomic E-state index is 0.0774. The molecular formula is C30H45N7O3. The summed E-state index contributed by atoms with van der Waals surface area (Å²) in [6.07, 6.45) is 6.13. The van der Waals surface area contributed by atoms with Crippen molar-refractivity contribution in [3.8, 4) is 11.9 Å². The van der Waals surface area contributed by atoms with Gasteiger partial charge in [-0.1, -0.05) is 52.7 Å². The summed E-state index contributed by atoms with van der Waals surface area (Å²) in [6.45, 7) is 13.0. The van der Waals surface area contributed by atoms with Crippen molar-refractivity contribution in [2.75, 3.05) is 26.2 Å². The molecule has 10 heteroatoms. The van der Waals surface area contributed by atoms with Gasteiger partial charge >= 0.3 is 0 Å². The maximum atomic E-state index is 14.0. The van der Waals surface area contributed by atoms with Gasteiger partial charge in [-0.05, 0) is 57.8 Å². The number of aromatic nitrogens is 1. The van der Waals surface area contributed by atoms with Gasteiger partial charge in [0.15, 0.2) is 5.69 Å². The Bertz CT molecular complexity index is 1200. The molecule has 40 heavy (non-hydrogen) atoms. The fourth-order valence-corrected chi connectivity index (χ4v) is 4.38. The van der Waals surface area contributed by atoms with Gasteiger partial charge < -0.3 is 20.6 Å². The molecule has 2 aromatic rings. The molecule has 0 spiro atoms. The second kappa shape index (κ2) is 17.2. The number of hydrogen-bond donors (Lipinski definition) is 4. The molecule has 1 amide bonds. The van der Waals surface area contributed by atoms with E-state index >= 15 is 0 Å². The predicted octanol–water partition coefficient (Wildman–Crippen LogP) is 5.45. The molecule has 10 nitrogen and oxygen atoms in total. The Morgan fingerprint density at radius 1 is 1.02 bits per heavy atom. The zero-order valence-corrected chi connectivity index (χ0v) is 24.6. The maximum Gasteiger partial charge on any atom is 0.278 e. The molecular weight excluding hydrogens is 506 g/mol. The second-order valence-electron chi connectivity index (χ2n) is 10.0. The average Bonchev–Trinajstić information content (AvgIpc) is 2.95. The minimum Gasteiger partial charge on any atom is -0.494 e. The van der Waals surface area contributed by atoms with E-state index in [0.29, 0.717) is 24.3 Å². The van der Waals surface area contributed by atoms with Gasteiger partial charge in [0.25, 0.3) is 11.5 Å². The molecule has 2 atom stereocenters. The Morgan fingerprint density at radius 2 is 1.60 bits per heavy atom. The standard InChI is InChI=1S/C30H45N7O3/c1-6-10-16-32-22(8-3)19-37(20-23(9-4)33-17-11-7-2)30(40)24-14-12-13-15-26(24)35-36-27-21(5)25(18-31)28(38)34-29(27)39/h12-15,22-23,32-33H,6-11,16-17,19-20H2,1-5H3,(H2,34,38,39). The van der Waals surface area contributed by atoms with Crippen molar-refractivity contribution in [1.29, 1.82) is 5.26 Å². The molecule has 0 radical (unpaired) electrons. The van der Waals surface area contributed by atoms with E-state index in [1.54, 1.807) is 24.3 Å². The fourth-order valence-electron chi connectivity index (χ4n) is 4.38. The van der Waals surface area contributed by atoms with Crippen LogP contribution in [0, 0.1) is 18.3 Å². The molecule has 0 aliphatic heterocycles. The maximum absolute atomic E-state index is 14.0. The highest BCUT2D eigenvalue weighted by atomic mass is 16.3. The lowest BCUT2D eigenvalue weighted by molar-refractivity contribution is 0.0718. The highest BCUT2D eigenvalue weighted by Gasteiger charge is 2.24. The van der Waals surface area contributed by atoms with Crippen LogP contribution < -0.4 is 16.2 Å². The van der Waals surface area contributed by atoms with Crippen LogP contribution in [0.15, 0.2) is 39.3 Å². The second-order valence-corrected chi connectivity index (χ2v) is 10.0. The number of nitriles is 1. The van der Waals surface area contributed by atoms with E-state index in [0.717, 1.165) is 51.6 Å². The SMILES string of the molecule is CCCCNC(CC)CN(CC(CC)NCCCC)C(=O)c1ccccc1N=Nc1c(C)c(C#N)c(O)[nH]c1=O. The molecule has 1 aromatic carbocycles. The van der Waals surface area contributed by atoms with Crippen LogP contribution in [0.3, 0.4) is 0 Å². The number of aromatic hydroxyl groups is 1. The van der Waals surface area contributed by atoms with Gasteiger partial charge in [0.2, 0.25) is 5.88 Å². The van der Waals surface area contributed by atoms with Gasteiger partial charge in [0, 0.05) is 30.7 Å². The van der Waals surface area contributed by atoms with Crippen LogP contribution >= 0.6 is 0 Å². The first-order valence-corrected chi connectivity index (χ1v) is 14.4. The zero-order valence-electron chi connectivity index (χ0n) is 24.6. The number of benzene rings is 1. The summed E-state index contributed by atoms with van der Waals surface area (Å²) >= 11 is 0. The monoisotopic (exact) mass is 551 g/mol. The molecule has 218 valence electrons. The highest BCUT2D eigenvalue weighted by molar-refractivity contribution is 5.99. The summed E-state index contributed by atoms with van der Waals surface area (Å²) in [4.78, 5) is 30.6. The van der Waals surface area contributed by atoms with Gasteiger partial charge in [-0.25, -0.2) is 0 Å². The smallest absolute Gasteiger partial charge is 0.278 e. The highest BCUT2D eigenvalue weighted by Crippen LogP contribution is 2.27. The topological polar surface area (TPSA) is 146 Å². The van der Waals surface area contributed by atoms with Crippen LogP contribution in [-0.2, 0) is 0 Å². The number of aromatic amines is 1. The number of H-pyrrole nitrogens is 1. The predicted molar refractivity (Wildman–Crippen MR) is 159 cm³/mol. The molecule has 0 saturated heterocycles.